The van der Waals surface area contributed by atoms with E-state index in [2.05, 4.69) is 4.74 Å². The molecule has 8 saturated carbocycles. The SMILES string of the molecule is CC(COC(=O)C12CC3CC(CC(O)(C3)C1)C2)(COC(=O)C12CC3CC(CC(O)(C3)C1)C2)C(=O)OCC(F)(F)S(=O)(=O)O. The monoisotopic (exact) mass is 634 g/mol. The first-order chi connectivity index (χ1) is 19.8. The van der Waals surface area contributed by atoms with Gasteiger partial charge in [0.1, 0.15) is 18.6 Å². The molecule has 43 heavy (non-hydrogen) atoms. The van der Waals surface area contributed by atoms with Crippen molar-refractivity contribution in [3.63, 3.8) is 0 Å². The number of carbonyl (C=O) groups is 3. The zero-order chi connectivity index (χ0) is 31.3. The summed E-state index contributed by atoms with van der Waals surface area (Å²) in [6.07, 6.45) is 6.80. The second-order valence-electron chi connectivity index (χ2n) is 15.3. The van der Waals surface area contributed by atoms with Crippen LogP contribution in [-0.2, 0) is 38.7 Å². The number of hydrogen-bond donors (Lipinski definition) is 3. The van der Waals surface area contributed by atoms with Crippen molar-refractivity contribution in [1.82, 2.24) is 0 Å². The lowest BCUT2D eigenvalue weighted by Gasteiger charge is -2.58. The van der Waals surface area contributed by atoms with Crippen LogP contribution in [-0.4, -0.2) is 77.4 Å². The van der Waals surface area contributed by atoms with E-state index in [0.29, 0.717) is 51.4 Å². The Hall–Kier alpha value is -1.90. The normalized spacial score (nSPS) is 42.4. The number of carbonyl (C=O) groups excluding carboxylic acids is 3. The van der Waals surface area contributed by atoms with Gasteiger partial charge in [0.25, 0.3) is 0 Å². The van der Waals surface area contributed by atoms with E-state index in [9.17, 15) is 41.8 Å². The minimum Gasteiger partial charge on any atom is -0.464 e. The highest BCUT2D eigenvalue weighted by molar-refractivity contribution is 7.86. The fourth-order valence-electron chi connectivity index (χ4n) is 10.2. The van der Waals surface area contributed by atoms with Gasteiger partial charge < -0.3 is 24.4 Å². The smallest absolute Gasteiger partial charge is 0.402 e. The summed E-state index contributed by atoms with van der Waals surface area (Å²) in [6.45, 7) is -2.23. The predicted octanol–water partition coefficient (Wildman–Crippen LogP) is 2.77. The number of rotatable bonds is 10. The Labute approximate surface area is 248 Å². The predicted molar refractivity (Wildman–Crippen MR) is 142 cm³/mol. The van der Waals surface area contributed by atoms with Crippen LogP contribution in [0, 0.1) is 39.9 Å². The third kappa shape index (κ3) is 5.48. The molecule has 8 bridgehead atoms. The van der Waals surface area contributed by atoms with Gasteiger partial charge in [-0.3, -0.25) is 18.9 Å². The van der Waals surface area contributed by atoms with Gasteiger partial charge in [0.15, 0.2) is 6.61 Å². The average Bonchev–Trinajstić information content (AvgIpc) is 2.85. The maximum atomic E-state index is 13.9. The maximum Gasteiger partial charge on any atom is 0.402 e. The molecule has 4 unspecified atom stereocenters. The van der Waals surface area contributed by atoms with Crippen molar-refractivity contribution in [3.8, 4) is 0 Å². The first-order valence-corrected chi connectivity index (χ1v) is 16.5. The Bertz CT molecular complexity index is 1220. The lowest BCUT2D eigenvalue weighted by Crippen LogP contribution is -2.59. The van der Waals surface area contributed by atoms with E-state index in [1.54, 1.807) is 0 Å². The van der Waals surface area contributed by atoms with Crippen molar-refractivity contribution < 1.29 is 60.6 Å². The molecule has 0 saturated heterocycles. The molecular formula is C29H40F2O11S. The molecular weight excluding hydrogens is 594 g/mol. The molecule has 0 heterocycles. The van der Waals surface area contributed by atoms with Gasteiger partial charge in [0.05, 0.1) is 22.0 Å². The lowest BCUT2D eigenvalue weighted by atomic mass is 9.48. The summed E-state index contributed by atoms with van der Waals surface area (Å²) in [5.41, 5.74) is -5.84. The molecule has 0 aliphatic heterocycles. The highest BCUT2D eigenvalue weighted by Crippen LogP contribution is 2.63. The molecule has 8 rings (SSSR count). The quantitative estimate of drug-likeness (QED) is 0.183. The van der Waals surface area contributed by atoms with Crippen LogP contribution in [0.1, 0.15) is 84.0 Å². The van der Waals surface area contributed by atoms with E-state index >= 15 is 0 Å². The highest BCUT2D eigenvalue weighted by atomic mass is 32.2. The highest BCUT2D eigenvalue weighted by Gasteiger charge is 2.63. The molecule has 0 spiro atoms. The molecule has 3 N–H and O–H groups in total. The van der Waals surface area contributed by atoms with Crippen LogP contribution in [0.4, 0.5) is 8.78 Å². The van der Waals surface area contributed by atoms with Gasteiger partial charge in [0.2, 0.25) is 0 Å². The summed E-state index contributed by atoms with van der Waals surface area (Å²) in [7, 11) is -5.89. The van der Waals surface area contributed by atoms with Crippen LogP contribution in [0.2, 0.25) is 0 Å². The largest absolute Gasteiger partial charge is 0.464 e. The Kier molecular flexibility index (Phi) is 7.09. The summed E-state index contributed by atoms with van der Waals surface area (Å²) in [5.74, 6) is -2.05. The Balaban J connectivity index is 1.17. The Morgan fingerprint density at radius 1 is 0.721 bits per heavy atom. The van der Waals surface area contributed by atoms with E-state index in [1.165, 1.54) is 6.92 Å². The Morgan fingerprint density at radius 3 is 1.42 bits per heavy atom. The molecule has 242 valence electrons. The first-order valence-electron chi connectivity index (χ1n) is 15.1. The van der Waals surface area contributed by atoms with E-state index in [0.717, 1.165) is 12.8 Å². The summed E-state index contributed by atoms with van der Waals surface area (Å²) < 4.78 is 74.5. The van der Waals surface area contributed by atoms with Gasteiger partial charge in [-0.1, -0.05) is 0 Å². The number of esters is 3. The van der Waals surface area contributed by atoms with Gasteiger partial charge in [0, 0.05) is 0 Å². The lowest BCUT2D eigenvalue weighted by molar-refractivity contribution is -0.206. The van der Waals surface area contributed by atoms with Crippen molar-refractivity contribution >= 4 is 28.0 Å². The van der Waals surface area contributed by atoms with Crippen LogP contribution >= 0.6 is 0 Å². The number of halogens is 2. The van der Waals surface area contributed by atoms with Gasteiger partial charge in [-0.15, -0.1) is 0 Å². The number of hydrogen-bond acceptors (Lipinski definition) is 10. The molecule has 11 nitrogen and oxygen atoms in total. The van der Waals surface area contributed by atoms with E-state index in [1.807, 2.05) is 0 Å². The third-order valence-corrected chi connectivity index (χ3v) is 12.1. The summed E-state index contributed by atoms with van der Waals surface area (Å²) >= 11 is 0. The van der Waals surface area contributed by atoms with Crippen molar-refractivity contribution in [1.29, 1.82) is 0 Å². The average molecular weight is 635 g/mol. The number of aliphatic hydroxyl groups is 2. The third-order valence-electron chi connectivity index (χ3n) is 11.2. The Morgan fingerprint density at radius 2 is 1.09 bits per heavy atom. The number of alkyl halides is 2. The number of ether oxygens (including phenoxy) is 3. The zero-order valence-electron chi connectivity index (χ0n) is 24.2. The van der Waals surface area contributed by atoms with Crippen molar-refractivity contribution in [3.05, 3.63) is 0 Å². The van der Waals surface area contributed by atoms with E-state index in [-0.39, 0.29) is 36.5 Å². The fraction of sp³-hybridized carbons (Fsp3) is 0.897. The molecule has 0 amide bonds. The van der Waals surface area contributed by atoms with Crippen LogP contribution in [0.15, 0.2) is 0 Å². The van der Waals surface area contributed by atoms with Crippen LogP contribution < -0.4 is 0 Å². The molecule has 14 heteroatoms. The molecule has 0 aromatic heterocycles. The van der Waals surface area contributed by atoms with Gasteiger partial charge in [-0.2, -0.15) is 17.2 Å². The minimum absolute atomic E-state index is 0.161. The molecule has 8 aliphatic carbocycles. The summed E-state index contributed by atoms with van der Waals surface area (Å²) in [5, 5.41) is 17.3. The van der Waals surface area contributed by atoms with Gasteiger partial charge >= 0.3 is 33.3 Å². The van der Waals surface area contributed by atoms with Crippen molar-refractivity contribution in [2.24, 2.45) is 39.9 Å². The molecule has 0 radical (unpaired) electrons. The topological polar surface area (TPSA) is 174 Å². The van der Waals surface area contributed by atoms with Crippen LogP contribution in [0.3, 0.4) is 0 Å². The molecule has 8 fully saturated rings. The maximum absolute atomic E-state index is 13.9. The van der Waals surface area contributed by atoms with Crippen molar-refractivity contribution in [2.45, 2.75) is 100 Å². The minimum atomic E-state index is -5.89. The van der Waals surface area contributed by atoms with Gasteiger partial charge in [-0.05, 0) is 108 Å². The first kappa shape index (κ1) is 31.1. The van der Waals surface area contributed by atoms with E-state index < -0.39 is 80.5 Å². The van der Waals surface area contributed by atoms with Crippen LogP contribution in [0.5, 0.6) is 0 Å². The molecule has 0 aromatic carbocycles. The molecule has 8 aliphatic rings. The summed E-state index contributed by atoms with van der Waals surface area (Å²) in [6, 6.07) is 0. The zero-order valence-corrected chi connectivity index (χ0v) is 25.0. The molecule has 0 aromatic rings. The molecule has 4 atom stereocenters. The second kappa shape index (κ2) is 9.80. The summed E-state index contributed by atoms with van der Waals surface area (Å²) in [4.78, 5) is 40.2. The standard InChI is InChI=1S/C29H40F2O11S/c1-24(21(32)42-16-29(30,31)43(37,38)39,14-40-22(33)25-4-17-2-18(5-25)9-27(35,8-17)12-25)15-41-23(34)26-6-19-3-20(7-26)11-28(36,10-19)13-26/h17-20,35-36H,2-16H2,1H3,(H,37,38,39). The van der Waals surface area contributed by atoms with Gasteiger partial charge in [-0.25, -0.2) is 0 Å². The van der Waals surface area contributed by atoms with E-state index in [4.69, 9.17) is 14.0 Å². The fourth-order valence-corrected chi connectivity index (χ4v) is 10.4. The van der Waals surface area contributed by atoms with Crippen LogP contribution in [0.25, 0.3) is 0 Å². The van der Waals surface area contributed by atoms with Crippen molar-refractivity contribution in [2.75, 3.05) is 19.8 Å². The second-order valence-corrected chi connectivity index (χ2v) is 16.9.